The number of hydrogen-bond donors (Lipinski definition) is 2. The molecule has 0 unspecified atom stereocenters. The van der Waals surface area contributed by atoms with E-state index in [1.807, 2.05) is 6.07 Å². The highest BCUT2D eigenvalue weighted by atomic mass is 16.5. The zero-order chi connectivity index (χ0) is 21.7. The topological polar surface area (TPSA) is 105 Å². The number of benzene rings is 2. The molecule has 2 aromatic carbocycles. The van der Waals surface area contributed by atoms with Gasteiger partial charge >= 0.3 is 5.97 Å². The van der Waals surface area contributed by atoms with E-state index in [0.29, 0.717) is 22.5 Å². The maximum atomic E-state index is 12.5. The Bertz CT molecular complexity index is 979. The molecule has 154 valence electrons. The lowest BCUT2D eigenvalue weighted by Gasteiger charge is -2.17. The molecular weight excluding hydrogens is 386 g/mol. The molecule has 0 atom stereocenters. The number of ether oxygens (including phenoxy) is 1. The van der Waals surface area contributed by atoms with E-state index in [0.717, 1.165) is 5.56 Å². The van der Waals surface area contributed by atoms with Crippen molar-refractivity contribution >= 4 is 35.1 Å². The molecule has 3 rings (SSSR count). The monoisotopic (exact) mass is 407 g/mol. The third-order valence-corrected chi connectivity index (χ3v) is 4.60. The zero-order valence-electron chi connectivity index (χ0n) is 16.4. The van der Waals surface area contributed by atoms with E-state index in [2.05, 4.69) is 21.9 Å². The van der Waals surface area contributed by atoms with E-state index in [4.69, 9.17) is 0 Å². The van der Waals surface area contributed by atoms with Gasteiger partial charge in [0, 0.05) is 22.5 Å². The molecule has 1 aliphatic rings. The zero-order valence-corrected chi connectivity index (χ0v) is 16.4. The highest BCUT2D eigenvalue weighted by Gasteiger charge is 2.31. The van der Waals surface area contributed by atoms with Gasteiger partial charge in [0.25, 0.3) is 5.91 Å². The van der Waals surface area contributed by atoms with Crippen molar-refractivity contribution in [3.05, 3.63) is 71.8 Å². The van der Waals surface area contributed by atoms with Crippen LogP contribution in [0.4, 0.5) is 5.69 Å². The van der Waals surface area contributed by atoms with Gasteiger partial charge in [-0.05, 0) is 23.8 Å². The molecule has 0 saturated heterocycles. The minimum absolute atomic E-state index is 0.0889. The lowest BCUT2D eigenvalue weighted by atomic mass is 10.1. The molecule has 0 saturated carbocycles. The summed E-state index contributed by atoms with van der Waals surface area (Å²) in [4.78, 5) is 49.1. The fourth-order valence-electron chi connectivity index (χ4n) is 3.04. The van der Waals surface area contributed by atoms with Gasteiger partial charge in [0.2, 0.25) is 11.8 Å². The fourth-order valence-corrected chi connectivity index (χ4v) is 3.04. The molecule has 2 aromatic rings. The van der Waals surface area contributed by atoms with Crippen molar-refractivity contribution in [2.45, 2.75) is 6.42 Å². The Morgan fingerprint density at radius 3 is 2.30 bits per heavy atom. The Morgan fingerprint density at radius 2 is 1.67 bits per heavy atom. The molecule has 0 spiro atoms. The molecule has 0 aliphatic carbocycles. The van der Waals surface area contributed by atoms with Gasteiger partial charge in [0.15, 0.2) is 0 Å². The highest BCUT2D eigenvalue weighted by molar-refractivity contribution is 6.11. The first-order chi connectivity index (χ1) is 14.4. The van der Waals surface area contributed by atoms with Crippen LogP contribution >= 0.6 is 0 Å². The van der Waals surface area contributed by atoms with Crippen LogP contribution in [0.5, 0.6) is 0 Å². The highest BCUT2D eigenvalue weighted by Crippen LogP contribution is 2.30. The van der Waals surface area contributed by atoms with E-state index >= 15 is 0 Å². The van der Waals surface area contributed by atoms with Gasteiger partial charge in [-0.3, -0.25) is 24.1 Å². The average Bonchev–Trinajstić information content (AvgIpc) is 2.98. The van der Waals surface area contributed by atoms with E-state index in [9.17, 15) is 19.2 Å². The van der Waals surface area contributed by atoms with E-state index in [1.165, 1.54) is 12.0 Å². The number of anilines is 1. The van der Waals surface area contributed by atoms with Gasteiger partial charge in [0.1, 0.15) is 13.1 Å². The number of esters is 1. The van der Waals surface area contributed by atoms with E-state index in [-0.39, 0.29) is 37.2 Å². The average molecular weight is 407 g/mol. The Morgan fingerprint density at radius 1 is 1.00 bits per heavy atom. The summed E-state index contributed by atoms with van der Waals surface area (Å²) in [5.41, 5.74) is 3.01. The Hall–Kier alpha value is -3.94. The molecule has 30 heavy (non-hydrogen) atoms. The number of nitrogens with zero attached hydrogens (tertiary/aromatic N) is 1. The summed E-state index contributed by atoms with van der Waals surface area (Å²) in [5, 5.41) is 5.19. The largest absolute Gasteiger partial charge is 0.468 e. The molecule has 0 fully saturated rings. The summed E-state index contributed by atoms with van der Waals surface area (Å²) < 4.78 is 4.46. The second kappa shape index (κ2) is 9.04. The quantitative estimate of drug-likeness (QED) is 0.678. The standard InChI is InChI=1S/C22H21N3O5/c1-14-17-5-3-4-6-18(17)22(29)25(14)13-20(27)24-16-9-7-15(8-10-16)11-19(26)23-12-21(28)30-2/h3-10H,1,11-13H2,2H3,(H,23,26)(H,24,27). The molecule has 1 heterocycles. The number of amides is 3. The number of carbonyl (C=O) groups excluding carboxylic acids is 4. The summed E-state index contributed by atoms with van der Waals surface area (Å²) in [6.45, 7) is 3.58. The molecule has 0 bridgehead atoms. The predicted octanol–water partition coefficient (Wildman–Crippen LogP) is 1.58. The van der Waals surface area contributed by atoms with Crippen LogP contribution in [0.3, 0.4) is 0 Å². The lowest BCUT2D eigenvalue weighted by Crippen LogP contribution is -2.32. The molecule has 8 nitrogen and oxygen atoms in total. The molecule has 1 aliphatic heterocycles. The molecular formula is C22H21N3O5. The van der Waals surface area contributed by atoms with Gasteiger partial charge in [0.05, 0.1) is 13.5 Å². The summed E-state index contributed by atoms with van der Waals surface area (Å²) >= 11 is 0. The number of fused-ring (bicyclic) bond motifs is 1. The van der Waals surface area contributed by atoms with Crippen LogP contribution in [0.25, 0.3) is 5.70 Å². The number of nitrogens with one attached hydrogen (secondary N) is 2. The van der Waals surface area contributed by atoms with Crippen LogP contribution in [-0.4, -0.2) is 48.8 Å². The minimum Gasteiger partial charge on any atom is -0.468 e. The van der Waals surface area contributed by atoms with Gasteiger partial charge in [-0.2, -0.15) is 0 Å². The van der Waals surface area contributed by atoms with Crippen LogP contribution in [0.2, 0.25) is 0 Å². The second-order valence-electron chi connectivity index (χ2n) is 6.66. The Balaban J connectivity index is 1.53. The van der Waals surface area contributed by atoms with E-state index < -0.39 is 5.97 Å². The fraction of sp³-hybridized carbons (Fsp3) is 0.182. The van der Waals surface area contributed by atoms with Crippen LogP contribution in [0.15, 0.2) is 55.1 Å². The first kappa shape index (κ1) is 20.8. The van der Waals surface area contributed by atoms with Crippen LogP contribution in [0, 0.1) is 0 Å². The third kappa shape index (κ3) is 4.72. The van der Waals surface area contributed by atoms with Gasteiger partial charge < -0.3 is 15.4 Å². The Labute approximate surface area is 173 Å². The smallest absolute Gasteiger partial charge is 0.325 e. The van der Waals surface area contributed by atoms with Gasteiger partial charge in [-0.25, -0.2) is 0 Å². The van der Waals surface area contributed by atoms with Crippen molar-refractivity contribution in [2.75, 3.05) is 25.5 Å². The van der Waals surface area contributed by atoms with Crippen molar-refractivity contribution in [3.8, 4) is 0 Å². The second-order valence-corrected chi connectivity index (χ2v) is 6.66. The third-order valence-electron chi connectivity index (χ3n) is 4.60. The van der Waals surface area contributed by atoms with Crippen molar-refractivity contribution in [2.24, 2.45) is 0 Å². The summed E-state index contributed by atoms with van der Waals surface area (Å²) in [7, 11) is 1.25. The van der Waals surface area contributed by atoms with Crippen molar-refractivity contribution in [1.29, 1.82) is 0 Å². The van der Waals surface area contributed by atoms with Crippen LogP contribution < -0.4 is 10.6 Å². The van der Waals surface area contributed by atoms with Gasteiger partial charge in [-0.1, -0.05) is 36.9 Å². The SMILES string of the molecule is C=C1c2ccccc2C(=O)N1CC(=O)Nc1ccc(CC(=O)NCC(=O)OC)cc1. The number of carbonyl (C=O) groups is 4. The normalized spacial score (nSPS) is 12.4. The maximum Gasteiger partial charge on any atom is 0.325 e. The van der Waals surface area contributed by atoms with Crippen molar-refractivity contribution < 1.29 is 23.9 Å². The first-order valence-corrected chi connectivity index (χ1v) is 9.21. The molecule has 8 heteroatoms. The molecule has 3 amide bonds. The van der Waals surface area contributed by atoms with Crippen molar-refractivity contribution in [3.63, 3.8) is 0 Å². The predicted molar refractivity (Wildman–Crippen MR) is 110 cm³/mol. The number of rotatable bonds is 7. The van der Waals surface area contributed by atoms with Crippen molar-refractivity contribution in [1.82, 2.24) is 10.2 Å². The molecule has 2 N–H and O–H groups in total. The first-order valence-electron chi connectivity index (χ1n) is 9.21. The summed E-state index contributed by atoms with van der Waals surface area (Å²) in [6.07, 6.45) is 0.0889. The van der Waals surface area contributed by atoms with E-state index in [1.54, 1.807) is 42.5 Å². The molecule has 0 aromatic heterocycles. The maximum absolute atomic E-state index is 12.5. The van der Waals surface area contributed by atoms with Gasteiger partial charge in [-0.15, -0.1) is 0 Å². The Kier molecular flexibility index (Phi) is 6.26. The minimum atomic E-state index is -0.524. The summed E-state index contributed by atoms with van der Waals surface area (Å²) in [6, 6.07) is 13.8. The number of methoxy groups -OCH3 is 1. The molecule has 0 radical (unpaired) electrons. The number of hydrogen-bond acceptors (Lipinski definition) is 5. The summed E-state index contributed by atoms with van der Waals surface area (Å²) in [5.74, 6) is -1.45. The van der Waals surface area contributed by atoms with Crippen LogP contribution in [-0.2, 0) is 25.5 Å². The lowest BCUT2D eigenvalue weighted by molar-refractivity contribution is -0.141. The van der Waals surface area contributed by atoms with Crippen LogP contribution in [0.1, 0.15) is 21.5 Å².